The monoisotopic (exact) mass is 263 g/mol. The normalized spacial score (nSPS) is 29.3. The van der Waals surface area contributed by atoms with Crippen LogP contribution in [0.4, 0.5) is 4.39 Å². The maximum Gasteiger partial charge on any atom is 0.169 e. The highest BCUT2D eigenvalue weighted by Gasteiger charge is 2.37. The van der Waals surface area contributed by atoms with E-state index < -0.39 is 0 Å². The van der Waals surface area contributed by atoms with Gasteiger partial charge in [-0.3, -0.25) is 4.79 Å². The molecule has 3 rings (SSSR count). The number of Topliss-reactive ketones (excluding diaryl/α,β-unsaturated/α-hetero) is 1. The molecule has 0 aliphatic carbocycles. The van der Waals surface area contributed by atoms with E-state index in [1.54, 1.807) is 0 Å². The zero-order chi connectivity index (χ0) is 13.4. The molecule has 0 amide bonds. The fraction of sp³-hybridized carbons (Fsp3) is 0.533. The number of halogens is 1. The summed E-state index contributed by atoms with van der Waals surface area (Å²) in [6.45, 7) is 0. The SMILES string of the molecule is COc1ccc(F)cc1C(=O)C1CC2CCC(C1)N2. The van der Waals surface area contributed by atoms with Crippen molar-refractivity contribution in [3.8, 4) is 5.75 Å². The Kier molecular flexibility index (Phi) is 3.27. The summed E-state index contributed by atoms with van der Waals surface area (Å²) < 4.78 is 18.5. The van der Waals surface area contributed by atoms with Gasteiger partial charge in [-0.1, -0.05) is 0 Å². The number of carbonyl (C=O) groups excluding carboxylic acids is 1. The van der Waals surface area contributed by atoms with Gasteiger partial charge in [0.25, 0.3) is 0 Å². The molecule has 0 saturated carbocycles. The van der Waals surface area contributed by atoms with E-state index in [1.807, 2.05) is 0 Å². The van der Waals surface area contributed by atoms with Crippen molar-refractivity contribution < 1.29 is 13.9 Å². The number of nitrogens with one attached hydrogen (secondary N) is 1. The van der Waals surface area contributed by atoms with Gasteiger partial charge in [0.15, 0.2) is 5.78 Å². The van der Waals surface area contributed by atoms with E-state index in [0.717, 1.165) is 25.7 Å². The third-order valence-corrected chi connectivity index (χ3v) is 4.27. The number of methoxy groups -OCH3 is 1. The second-order valence-corrected chi connectivity index (χ2v) is 5.52. The molecule has 3 nitrogen and oxygen atoms in total. The highest BCUT2D eigenvalue weighted by Crippen LogP contribution is 2.34. The van der Waals surface area contributed by atoms with Crippen LogP contribution in [0.5, 0.6) is 5.75 Å². The third kappa shape index (κ3) is 2.37. The van der Waals surface area contributed by atoms with Crippen LogP contribution in [0.2, 0.25) is 0 Å². The standard InChI is InChI=1S/C15H18FNO2/c1-19-14-5-2-10(16)8-13(14)15(18)9-6-11-3-4-12(7-9)17-11/h2,5,8-9,11-12,17H,3-4,6-7H2,1H3. The Labute approximate surface area is 112 Å². The second-order valence-electron chi connectivity index (χ2n) is 5.52. The van der Waals surface area contributed by atoms with Gasteiger partial charge < -0.3 is 10.1 Å². The Balaban J connectivity index is 1.85. The Bertz CT molecular complexity index is 491. The summed E-state index contributed by atoms with van der Waals surface area (Å²) in [7, 11) is 1.51. The highest BCUT2D eigenvalue weighted by molar-refractivity contribution is 6.00. The predicted molar refractivity (Wildman–Crippen MR) is 70.0 cm³/mol. The summed E-state index contributed by atoms with van der Waals surface area (Å²) in [5, 5.41) is 3.51. The Morgan fingerprint density at radius 2 is 2.00 bits per heavy atom. The van der Waals surface area contributed by atoms with Crippen LogP contribution in [0.15, 0.2) is 18.2 Å². The molecule has 1 N–H and O–H groups in total. The summed E-state index contributed by atoms with van der Waals surface area (Å²) >= 11 is 0. The van der Waals surface area contributed by atoms with Crippen molar-refractivity contribution in [2.75, 3.05) is 7.11 Å². The van der Waals surface area contributed by atoms with Crippen molar-refractivity contribution >= 4 is 5.78 Å². The molecule has 2 fully saturated rings. The molecule has 2 aliphatic heterocycles. The lowest BCUT2D eigenvalue weighted by Gasteiger charge is -2.28. The van der Waals surface area contributed by atoms with Crippen molar-refractivity contribution in [1.82, 2.24) is 5.32 Å². The smallest absolute Gasteiger partial charge is 0.169 e. The average molecular weight is 263 g/mol. The van der Waals surface area contributed by atoms with Gasteiger partial charge in [-0.2, -0.15) is 0 Å². The van der Waals surface area contributed by atoms with Gasteiger partial charge in [-0.15, -0.1) is 0 Å². The van der Waals surface area contributed by atoms with E-state index in [1.165, 1.54) is 25.3 Å². The first-order valence-electron chi connectivity index (χ1n) is 6.81. The third-order valence-electron chi connectivity index (χ3n) is 4.27. The van der Waals surface area contributed by atoms with Crippen LogP contribution in [0.1, 0.15) is 36.0 Å². The molecule has 19 heavy (non-hydrogen) atoms. The lowest BCUT2D eigenvalue weighted by Crippen LogP contribution is -2.40. The van der Waals surface area contributed by atoms with Crippen molar-refractivity contribution in [3.05, 3.63) is 29.6 Å². The van der Waals surface area contributed by atoms with E-state index in [-0.39, 0.29) is 17.5 Å². The van der Waals surface area contributed by atoms with Crippen LogP contribution >= 0.6 is 0 Å². The lowest BCUT2D eigenvalue weighted by atomic mass is 9.85. The van der Waals surface area contributed by atoms with Gasteiger partial charge in [-0.05, 0) is 43.9 Å². The lowest BCUT2D eigenvalue weighted by molar-refractivity contribution is 0.0872. The minimum Gasteiger partial charge on any atom is -0.496 e. The van der Waals surface area contributed by atoms with Gasteiger partial charge in [0.2, 0.25) is 0 Å². The molecule has 2 unspecified atom stereocenters. The molecule has 1 aromatic carbocycles. The van der Waals surface area contributed by atoms with Crippen LogP contribution in [-0.2, 0) is 0 Å². The first kappa shape index (κ1) is 12.6. The molecule has 0 radical (unpaired) electrons. The molecule has 0 aromatic heterocycles. The number of carbonyl (C=O) groups is 1. The maximum absolute atomic E-state index is 13.4. The summed E-state index contributed by atoms with van der Waals surface area (Å²) in [6, 6.07) is 5.05. The molecular formula is C15H18FNO2. The fourth-order valence-electron chi connectivity index (χ4n) is 3.36. The molecule has 2 aliphatic rings. The van der Waals surface area contributed by atoms with Gasteiger partial charge in [0, 0.05) is 18.0 Å². The molecular weight excluding hydrogens is 245 g/mol. The van der Waals surface area contributed by atoms with Crippen molar-refractivity contribution in [2.24, 2.45) is 5.92 Å². The Morgan fingerprint density at radius 1 is 1.32 bits per heavy atom. The largest absolute Gasteiger partial charge is 0.496 e. The average Bonchev–Trinajstić information content (AvgIpc) is 2.76. The van der Waals surface area contributed by atoms with Crippen LogP contribution in [-0.4, -0.2) is 25.0 Å². The topological polar surface area (TPSA) is 38.3 Å². The number of fused-ring (bicyclic) bond motifs is 2. The zero-order valence-corrected chi connectivity index (χ0v) is 11.0. The van der Waals surface area contributed by atoms with Crippen molar-refractivity contribution in [3.63, 3.8) is 0 Å². The maximum atomic E-state index is 13.4. The zero-order valence-electron chi connectivity index (χ0n) is 11.0. The van der Waals surface area contributed by atoms with Gasteiger partial charge in [0.1, 0.15) is 11.6 Å². The number of ketones is 1. The molecule has 4 heteroatoms. The van der Waals surface area contributed by atoms with Crippen LogP contribution in [0.3, 0.4) is 0 Å². The number of benzene rings is 1. The molecule has 102 valence electrons. The van der Waals surface area contributed by atoms with Gasteiger partial charge in [-0.25, -0.2) is 4.39 Å². The minimum atomic E-state index is -0.388. The van der Waals surface area contributed by atoms with Crippen LogP contribution in [0.25, 0.3) is 0 Å². The Hall–Kier alpha value is -1.42. The summed E-state index contributed by atoms with van der Waals surface area (Å²) in [5.74, 6) is 0.0996. The predicted octanol–water partition coefficient (Wildman–Crippen LogP) is 2.55. The van der Waals surface area contributed by atoms with Crippen molar-refractivity contribution in [1.29, 1.82) is 0 Å². The second kappa shape index (κ2) is 4.93. The fourth-order valence-corrected chi connectivity index (χ4v) is 3.36. The number of hydrogen-bond acceptors (Lipinski definition) is 3. The van der Waals surface area contributed by atoms with E-state index >= 15 is 0 Å². The van der Waals surface area contributed by atoms with Crippen molar-refractivity contribution in [2.45, 2.75) is 37.8 Å². The van der Waals surface area contributed by atoms with E-state index in [9.17, 15) is 9.18 Å². The quantitative estimate of drug-likeness (QED) is 0.852. The number of rotatable bonds is 3. The van der Waals surface area contributed by atoms with Gasteiger partial charge >= 0.3 is 0 Å². The molecule has 2 saturated heterocycles. The van der Waals surface area contributed by atoms with E-state index in [2.05, 4.69) is 5.32 Å². The van der Waals surface area contributed by atoms with Crippen LogP contribution in [0, 0.1) is 11.7 Å². The summed E-state index contributed by atoms with van der Waals surface area (Å²) in [6.07, 6.45) is 4.01. The molecule has 0 spiro atoms. The summed E-state index contributed by atoms with van der Waals surface area (Å²) in [4.78, 5) is 12.6. The molecule has 2 bridgehead atoms. The highest BCUT2D eigenvalue weighted by atomic mass is 19.1. The molecule has 2 heterocycles. The first-order valence-corrected chi connectivity index (χ1v) is 6.81. The summed E-state index contributed by atoms with van der Waals surface area (Å²) in [5.41, 5.74) is 0.383. The molecule has 2 atom stereocenters. The minimum absolute atomic E-state index is 0.00514. The van der Waals surface area contributed by atoms with E-state index in [0.29, 0.717) is 23.4 Å². The number of hydrogen-bond donors (Lipinski definition) is 1. The van der Waals surface area contributed by atoms with Crippen LogP contribution < -0.4 is 10.1 Å². The molecule has 1 aromatic rings. The number of ether oxygens (including phenoxy) is 1. The number of piperidine rings is 1. The van der Waals surface area contributed by atoms with E-state index in [4.69, 9.17) is 4.74 Å². The Morgan fingerprint density at radius 3 is 2.63 bits per heavy atom. The first-order chi connectivity index (χ1) is 9.17. The van der Waals surface area contributed by atoms with Gasteiger partial charge in [0.05, 0.1) is 12.7 Å².